The molecule has 1 aromatic carbocycles. The van der Waals surface area contributed by atoms with Crippen LogP contribution in [0, 0.1) is 26.6 Å². The van der Waals surface area contributed by atoms with Crippen LogP contribution in [0.5, 0.6) is 0 Å². The van der Waals surface area contributed by atoms with Crippen LogP contribution in [0.3, 0.4) is 0 Å². The zero-order valence-corrected chi connectivity index (χ0v) is 11.7. The number of nitrogens with zero attached hydrogens (tertiary/aromatic N) is 3. The first-order valence-corrected chi connectivity index (χ1v) is 6.21. The Morgan fingerprint density at radius 2 is 2.10 bits per heavy atom. The molecule has 2 rings (SSSR count). The van der Waals surface area contributed by atoms with E-state index in [9.17, 15) is 4.39 Å². The third-order valence-electron chi connectivity index (χ3n) is 3.53. The number of nitrogens with two attached hydrogens (primary N) is 1. The highest BCUT2D eigenvalue weighted by molar-refractivity contribution is 5.97. The van der Waals surface area contributed by atoms with Gasteiger partial charge in [-0.2, -0.15) is 5.10 Å². The van der Waals surface area contributed by atoms with Gasteiger partial charge in [0.05, 0.1) is 17.8 Å². The van der Waals surface area contributed by atoms with E-state index in [2.05, 4.69) is 10.3 Å². The Balaban J connectivity index is 2.42. The van der Waals surface area contributed by atoms with Gasteiger partial charge >= 0.3 is 0 Å². The first-order valence-electron chi connectivity index (χ1n) is 6.21. The fourth-order valence-corrected chi connectivity index (χ4v) is 2.06. The van der Waals surface area contributed by atoms with E-state index in [0.29, 0.717) is 12.1 Å². The summed E-state index contributed by atoms with van der Waals surface area (Å²) in [6, 6.07) is 4.81. The molecule has 0 saturated carbocycles. The quantitative estimate of drug-likeness (QED) is 0.390. The zero-order valence-electron chi connectivity index (χ0n) is 11.7. The SMILES string of the molecule is Cc1nn(Cc2cccc(/C(N)=N/O)c2F)c(C)c1C. The minimum Gasteiger partial charge on any atom is -0.409 e. The van der Waals surface area contributed by atoms with Crippen LogP contribution in [0.1, 0.15) is 28.1 Å². The third kappa shape index (κ3) is 2.36. The molecule has 0 unspecified atom stereocenters. The number of hydrogen-bond donors (Lipinski definition) is 2. The highest BCUT2D eigenvalue weighted by atomic mass is 19.1. The maximum atomic E-state index is 14.3. The van der Waals surface area contributed by atoms with Gasteiger partial charge in [0.25, 0.3) is 0 Å². The first-order chi connectivity index (χ1) is 9.45. The van der Waals surface area contributed by atoms with E-state index >= 15 is 0 Å². The van der Waals surface area contributed by atoms with Gasteiger partial charge in [0.15, 0.2) is 5.84 Å². The molecule has 0 bridgehead atoms. The normalized spacial score (nSPS) is 11.9. The van der Waals surface area contributed by atoms with Crippen LogP contribution < -0.4 is 5.73 Å². The van der Waals surface area contributed by atoms with Crippen LogP contribution in [0.4, 0.5) is 4.39 Å². The molecule has 0 radical (unpaired) electrons. The van der Waals surface area contributed by atoms with Gasteiger partial charge in [0.2, 0.25) is 0 Å². The van der Waals surface area contributed by atoms with Crippen LogP contribution >= 0.6 is 0 Å². The van der Waals surface area contributed by atoms with Crippen molar-refractivity contribution in [2.24, 2.45) is 10.9 Å². The van der Waals surface area contributed by atoms with Crippen LogP contribution in [-0.4, -0.2) is 20.8 Å². The molecule has 0 aliphatic heterocycles. The largest absolute Gasteiger partial charge is 0.409 e. The minimum absolute atomic E-state index is 0.0863. The van der Waals surface area contributed by atoms with E-state index in [1.807, 2.05) is 20.8 Å². The number of hydrogen-bond acceptors (Lipinski definition) is 3. The van der Waals surface area contributed by atoms with Gasteiger partial charge in [-0.25, -0.2) is 4.39 Å². The van der Waals surface area contributed by atoms with Crippen molar-refractivity contribution in [1.82, 2.24) is 9.78 Å². The molecule has 0 aliphatic carbocycles. The van der Waals surface area contributed by atoms with Crippen LogP contribution in [0.2, 0.25) is 0 Å². The van der Waals surface area contributed by atoms with Gasteiger partial charge < -0.3 is 10.9 Å². The summed E-state index contributed by atoms with van der Waals surface area (Å²) in [4.78, 5) is 0. The van der Waals surface area contributed by atoms with Gasteiger partial charge in [0.1, 0.15) is 5.82 Å². The standard InChI is InChI=1S/C14H17FN4O/c1-8-9(2)17-19(10(8)3)7-11-5-4-6-12(13(11)15)14(16)18-20/h4-6,20H,7H2,1-3H3,(H2,16,18). The van der Waals surface area contributed by atoms with E-state index in [1.165, 1.54) is 6.07 Å². The molecule has 0 spiro atoms. The number of oxime groups is 1. The van der Waals surface area contributed by atoms with Crippen molar-refractivity contribution in [2.45, 2.75) is 27.3 Å². The lowest BCUT2D eigenvalue weighted by Crippen LogP contribution is -2.17. The second kappa shape index (κ2) is 5.32. The molecule has 2 aromatic rings. The third-order valence-corrected chi connectivity index (χ3v) is 3.53. The van der Waals surface area contributed by atoms with Crippen molar-refractivity contribution in [2.75, 3.05) is 0 Å². The molecule has 1 heterocycles. The van der Waals surface area contributed by atoms with Crippen LogP contribution in [0.15, 0.2) is 23.4 Å². The van der Waals surface area contributed by atoms with Crippen molar-refractivity contribution < 1.29 is 9.60 Å². The summed E-state index contributed by atoms with van der Waals surface area (Å²) in [6.07, 6.45) is 0. The molecule has 20 heavy (non-hydrogen) atoms. The average molecular weight is 276 g/mol. The molecule has 5 nitrogen and oxygen atoms in total. The Morgan fingerprint density at radius 3 is 2.65 bits per heavy atom. The van der Waals surface area contributed by atoms with Gasteiger partial charge in [-0.1, -0.05) is 17.3 Å². The predicted octanol–water partition coefficient (Wildman–Crippen LogP) is 2.09. The molecule has 1 aromatic heterocycles. The Labute approximate surface area is 116 Å². The second-order valence-electron chi connectivity index (χ2n) is 4.72. The second-order valence-corrected chi connectivity index (χ2v) is 4.72. The molecule has 106 valence electrons. The molecular weight excluding hydrogens is 259 g/mol. The van der Waals surface area contributed by atoms with E-state index in [0.717, 1.165) is 17.0 Å². The van der Waals surface area contributed by atoms with Gasteiger partial charge in [-0.05, 0) is 32.4 Å². The van der Waals surface area contributed by atoms with Gasteiger partial charge in [-0.15, -0.1) is 0 Å². The average Bonchev–Trinajstić information content (AvgIpc) is 2.68. The summed E-state index contributed by atoms with van der Waals surface area (Å²) < 4.78 is 16.1. The Hall–Kier alpha value is -2.37. The van der Waals surface area contributed by atoms with E-state index < -0.39 is 5.82 Å². The molecule has 0 fully saturated rings. The number of aromatic nitrogens is 2. The Kier molecular flexibility index (Phi) is 3.74. The van der Waals surface area contributed by atoms with Crippen molar-refractivity contribution in [3.8, 4) is 0 Å². The highest BCUT2D eigenvalue weighted by Crippen LogP contribution is 2.17. The van der Waals surface area contributed by atoms with Gasteiger partial charge in [-0.3, -0.25) is 4.68 Å². The summed E-state index contributed by atoms with van der Waals surface area (Å²) in [7, 11) is 0. The summed E-state index contributed by atoms with van der Waals surface area (Å²) in [6.45, 7) is 6.15. The highest BCUT2D eigenvalue weighted by Gasteiger charge is 2.14. The molecule has 3 N–H and O–H groups in total. The number of halogens is 1. The first kappa shape index (κ1) is 14.0. The topological polar surface area (TPSA) is 76.4 Å². The lowest BCUT2D eigenvalue weighted by atomic mass is 10.1. The number of amidine groups is 1. The molecule has 0 atom stereocenters. The Morgan fingerprint density at radius 1 is 1.40 bits per heavy atom. The van der Waals surface area contributed by atoms with E-state index in [1.54, 1.807) is 16.8 Å². The summed E-state index contributed by atoms with van der Waals surface area (Å²) >= 11 is 0. The maximum absolute atomic E-state index is 14.3. The summed E-state index contributed by atoms with van der Waals surface area (Å²) in [5.74, 6) is -0.734. The predicted molar refractivity (Wildman–Crippen MR) is 74.5 cm³/mol. The number of rotatable bonds is 3. The van der Waals surface area contributed by atoms with Crippen molar-refractivity contribution >= 4 is 5.84 Å². The summed E-state index contributed by atoms with van der Waals surface area (Å²) in [5.41, 5.74) is 9.00. The maximum Gasteiger partial charge on any atom is 0.173 e. The number of benzene rings is 1. The lowest BCUT2D eigenvalue weighted by Gasteiger charge is -2.09. The zero-order chi connectivity index (χ0) is 14.9. The molecule has 0 amide bonds. The van der Waals surface area contributed by atoms with Crippen LogP contribution in [0.25, 0.3) is 0 Å². The van der Waals surface area contributed by atoms with E-state index in [4.69, 9.17) is 10.9 Å². The molecule has 0 aliphatic rings. The smallest absolute Gasteiger partial charge is 0.173 e. The fourth-order valence-electron chi connectivity index (χ4n) is 2.06. The minimum atomic E-state index is -0.493. The monoisotopic (exact) mass is 276 g/mol. The van der Waals surface area contributed by atoms with Crippen LogP contribution in [-0.2, 0) is 6.54 Å². The molecular formula is C14H17FN4O. The summed E-state index contributed by atoms with van der Waals surface area (Å²) in [5, 5.41) is 15.9. The number of aryl methyl sites for hydroxylation is 1. The van der Waals surface area contributed by atoms with Crippen molar-refractivity contribution in [1.29, 1.82) is 0 Å². The lowest BCUT2D eigenvalue weighted by molar-refractivity contribution is 0.318. The van der Waals surface area contributed by atoms with Crippen molar-refractivity contribution in [3.63, 3.8) is 0 Å². The Bertz CT molecular complexity index is 676. The molecule has 6 heteroatoms. The molecule has 0 saturated heterocycles. The van der Waals surface area contributed by atoms with Crippen molar-refractivity contribution in [3.05, 3.63) is 52.1 Å². The fraction of sp³-hybridized carbons (Fsp3) is 0.286. The van der Waals surface area contributed by atoms with E-state index in [-0.39, 0.29) is 11.4 Å². The van der Waals surface area contributed by atoms with Gasteiger partial charge in [0, 0.05) is 11.3 Å².